The number of thiazole rings is 1. The van der Waals surface area contributed by atoms with Gasteiger partial charge < -0.3 is 0 Å². The summed E-state index contributed by atoms with van der Waals surface area (Å²) in [5.41, 5.74) is 3.85. The number of carbonyl (C=O) groups excluding carboxylic acids is 1. The predicted molar refractivity (Wildman–Crippen MR) is 124 cm³/mol. The number of nitrogens with zero attached hydrogens (tertiary/aromatic N) is 3. The summed E-state index contributed by atoms with van der Waals surface area (Å²) < 4.78 is 0.967. The third-order valence-electron chi connectivity index (χ3n) is 5.04. The molecule has 1 amide bonds. The molecule has 0 atom stereocenters. The summed E-state index contributed by atoms with van der Waals surface area (Å²) in [5.74, 6) is -0.440. The maximum atomic E-state index is 13.5. The first-order chi connectivity index (χ1) is 14.8. The zero-order valence-corrected chi connectivity index (χ0v) is 18.4. The number of halogens is 1. The van der Waals surface area contributed by atoms with Gasteiger partial charge in [-0.15, -0.1) is 0 Å². The molecule has 0 spiro atoms. The molecule has 0 saturated carbocycles. The van der Waals surface area contributed by atoms with E-state index in [9.17, 15) is 14.9 Å². The molecule has 0 bridgehead atoms. The van der Waals surface area contributed by atoms with Crippen LogP contribution < -0.4 is 4.90 Å². The van der Waals surface area contributed by atoms with Crippen LogP contribution in [0, 0.1) is 24.0 Å². The first-order valence-corrected chi connectivity index (χ1v) is 10.7. The number of rotatable bonds is 5. The van der Waals surface area contributed by atoms with Gasteiger partial charge in [-0.25, -0.2) is 4.98 Å². The number of fused-ring (bicyclic) bond motifs is 1. The highest BCUT2D eigenvalue weighted by molar-refractivity contribution is 7.22. The fourth-order valence-corrected chi connectivity index (χ4v) is 4.45. The number of carbonyl (C=O) groups is 1. The summed E-state index contributed by atoms with van der Waals surface area (Å²) in [5, 5.41) is 11.9. The SMILES string of the molecule is Cc1cc2nc(N(Cc3ccccc3)C(=O)c3cc([N+](=O)[O-])ccc3Cl)sc2cc1C. The Labute approximate surface area is 187 Å². The van der Waals surface area contributed by atoms with Crippen LogP contribution in [0.4, 0.5) is 10.8 Å². The summed E-state index contributed by atoms with van der Waals surface area (Å²) >= 11 is 7.67. The monoisotopic (exact) mass is 451 g/mol. The van der Waals surface area contributed by atoms with Crippen LogP contribution in [-0.2, 0) is 6.54 Å². The third kappa shape index (κ3) is 4.28. The molecule has 31 heavy (non-hydrogen) atoms. The molecule has 0 aliphatic rings. The number of nitro groups is 1. The summed E-state index contributed by atoms with van der Waals surface area (Å²) in [6.07, 6.45) is 0. The lowest BCUT2D eigenvalue weighted by Gasteiger charge is -2.20. The normalized spacial score (nSPS) is 10.9. The van der Waals surface area contributed by atoms with Crippen molar-refractivity contribution in [1.29, 1.82) is 0 Å². The second-order valence-corrected chi connectivity index (χ2v) is 8.62. The molecule has 0 N–H and O–H groups in total. The zero-order chi connectivity index (χ0) is 22.1. The Balaban J connectivity index is 1.82. The lowest BCUT2D eigenvalue weighted by molar-refractivity contribution is -0.384. The van der Waals surface area contributed by atoms with Crippen LogP contribution in [0.2, 0.25) is 5.02 Å². The van der Waals surface area contributed by atoms with Gasteiger partial charge in [-0.2, -0.15) is 0 Å². The fraction of sp³-hybridized carbons (Fsp3) is 0.130. The van der Waals surface area contributed by atoms with E-state index < -0.39 is 10.8 Å². The van der Waals surface area contributed by atoms with Crippen molar-refractivity contribution in [2.45, 2.75) is 20.4 Å². The van der Waals surface area contributed by atoms with Crippen molar-refractivity contribution >= 4 is 49.9 Å². The Hall–Kier alpha value is -3.29. The van der Waals surface area contributed by atoms with Crippen LogP contribution in [0.15, 0.2) is 60.7 Å². The number of hydrogen-bond acceptors (Lipinski definition) is 5. The zero-order valence-electron chi connectivity index (χ0n) is 16.8. The smallest absolute Gasteiger partial charge is 0.270 e. The second kappa shape index (κ2) is 8.45. The molecule has 0 saturated heterocycles. The van der Waals surface area contributed by atoms with E-state index in [1.54, 1.807) is 0 Å². The Bertz CT molecular complexity index is 1270. The minimum absolute atomic E-state index is 0.0680. The van der Waals surface area contributed by atoms with Crippen molar-refractivity contribution in [2.24, 2.45) is 0 Å². The molecule has 0 radical (unpaired) electrons. The molecule has 0 aliphatic heterocycles. The lowest BCUT2D eigenvalue weighted by atomic mass is 10.1. The van der Waals surface area contributed by atoms with Crippen LogP contribution >= 0.6 is 22.9 Å². The number of amides is 1. The average Bonchev–Trinajstić information content (AvgIpc) is 3.15. The van der Waals surface area contributed by atoms with Gasteiger partial charge in [0.15, 0.2) is 5.13 Å². The Morgan fingerprint density at radius 2 is 1.81 bits per heavy atom. The highest BCUT2D eigenvalue weighted by atomic mass is 35.5. The molecule has 6 nitrogen and oxygen atoms in total. The Morgan fingerprint density at radius 1 is 1.10 bits per heavy atom. The van der Waals surface area contributed by atoms with E-state index in [-0.39, 0.29) is 22.8 Å². The third-order valence-corrected chi connectivity index (χ3v) is 6.41. The molecular weight excluding hydrogens is 434 g/mol. The van der Waals surface area contributed by atoms with Crippen molar-refractivity contribution in [2.75, 3.05) is 4.90 Å². The van der Waals surface area contributed by atoms with Crippen LogP contribution in [0.1, 0.15) is 27.0 Å². The topological polar surface area (TPSA) is 76.3 Å². The number of benzene rings is 3. The largest absolute Gasteiger partial charge is 0.279 e. The van der Waals surface area contributed by atoms with Crippen molar-refractivity contribution in [3.8, 4) is 0 Å². The predicted octanol–water partition coefficient (Wildman–Crippen LogP) is 6.32. The number of anilines is 1. The van der Waals surface area contributed by atoms with E-state index in [1.807, 2.05) is 50.2 Å². The fourth-order valence-electron chi connectivity index (χ4n) is 3.21. The van der Waals surface area contributed by atoms with Gasteiger partial charge in [0.2, 0.25) is 0 Å². The number of hydrogen-bond donors (Lipinski definition) is 0. The van der Waals surface area contributed by atoms with E-state index in [2.05, 4.69) is 6.07 Å². The van der Waals surface area contributed by atoms with Crippen molar-refractivity contribution in [3.05, 3.63) is 98.1 Å². The van der Waals surface area contributed by atoms with Gasteiger partial charge in [-0.05, 0) is 48.7 Å². The van der Waals surface area contributed by atoms with Gasteiger partial charge in [0.25, 0.3) is 11.6 Å². The van der Waals surface area contributed by atoms with Crippen LogP contribution in [0.3, 0.4) is 0 Å². The van der Waals surface area contributed by atoms with Crippen molar-refractivity contribution in [3.63, 3.8) is 0 Å². The van der Waals surface area contributed by atoms with E-state index in [4.69, 9.17) is 16.6 Å². The van der Waals surface area contributed by atoms with E-state index in [0.717, 1.165) is 26.9 Å². The molecule has 0 aliphatic carbocycles. The second-order valence-electron chi connectivity index (χ2n) is 7.20. The molecule has 4 aromatic rings. The number of non-ortho nitro benzene ring substituents is 1. The Kier molecular flexibility index (Phi) is 5.71. The van der Waals surface area contributed by atoms with Gasteiger partial charge >= 0.3 is 0 Å². The summed E-state index contributed by atoms with van der Waals surface area (Å²) in [6.45, 7) is 4.31. The van der Waals surface area contributed by atoms with Gasteiger partial charge in [0.1, 0.15) is 0 Å². The van der Waals surface area contributed by atoms with Crippen LogP contribution in [0.5, 0.6) is 0 Å². The van der Waals surface area contributed by atoms with Gasteiger partial charge in [-0.3, -0.25) is 19.8 Å². The average molecular weight is 452 g/mol. The van der Waals surface area contributed by atoms with E-state index in [0.29, 0.717) is 5.13 Å². The number of aryl methyl sites for hydroxylation is 2. The van der Waals surface area contributed by atoms with Gasteiger partial charge in [-0.1, -0.05) is 53.3 Å². The van der Waals surface area contributed by atoms with Crippen LogP contribution in [-0.4, -0.2) is 15.8 Å². The molecule has 1 heterocycles. The molecule has 3 aromatic carbocycles. The molecule has 0 fully saturated rings. The summed E-state index contributed by atoms with van der Waals surface area (Å²) in [7, 11) is 0. The van der Waals surface area contributed by atoms with Crippen molar-refractivity contribution in [1.82, 2.24) is 4.98 Å². The van der Waals surface area contributed by atoms with Crippen molar-refractivity contribution < 1.29 is 9.72 Å². The summed E-state index contributed by atoms with van der Waals surface area (Å²) in [4.78, 5) is 30.4. The standard InChI is InChI=1S/C23H18ClN3O3S/c1-14-10-20-21(11-15(14)2)31-23(25-20)26(13-16-6-4-3-5-7-16)22(28)18-12-17(27(29)30)8-9-19(18)24/h3-12H,13H2,1-2H3. The lowest BCUT2D eigenvalue weighted by Crippen LogP contribution is -2.30. The summed E-state index contributed by atoms with van der Waals surface area (Å²) in [6, 6.07) is 17.4. The van der Waals surface area contributed by atoms with E-state index in [1.165, 1.54) is 34.4 Å². The molecule has 156 valence electrons. The first kappa shape index (κ1) is 21.0. The molecular formula is C23H18ClN3O3S. The first-order valence-electron chi connectivity index (χ1n) is 9.51. The molecule has 1 aromatic heterocycles. The number of nitro benzene ring substituents is 1. The van der Waals surface area contributed by atoms with Crippen LogP contribution in [0.25, 0.3) is 10.2 Å². The minimum Gasteiger partial charge on any atom is -0.279 e. The maximum absolute atomic E-state index is 13.5. The highest BCUT2D eigenvalue weighted by Gasteiger charge is 2.25. The molecule has 8 heteroatoms. The Morgan fingerprint density at radius 3 is 2.52 bits per heavy atom. The van der Waals surface area contributed by atoms with Gasteiger partial charge in [0.05, 0.1) is 32.3 Å². The van der Waals surface area contributed by atoms with Gasteiger partial charge in [0, 0.05) is 12.1 Å². The minimum atomic E-state index is -0.544. The van der Waals surface area contributed by atoms with E-state index >= 15 is 0 Å². The maximum Gasteiger partial charge on any atom is 0.270 e. The quantitative estimate of drug-likeness (QED) is 0.262. The molecule has 4 rings (SSSR count). The highest BCUT2D eigenvalue weighted by Crippen LogP contribution is 2.34. The molecule has 0 unspecified atom stereocenters. The number of aromatic nitrogens is 1.